The summed E-state index contributed by atoms with van der Waals surface area (Å²) in [6.07, 6.45) is 0. The molecule has 0 aromatic heterocycles. The number of ether oxygens (including phenoxy) is 1. The Morgan fingerprint density at radius 3 is 2.55 bits per heavy atom. The molecule has 0 atom stereocenters. The summed E-state index contributed by atoms with van der Waals surface area (Å²) in [5, 5.41) is 20.7. The summed E-state index contributed by atoms with van der Waals surface area (Å²) < 4.78 is 5.36. The van der Waals surface area contributed by atoms with Gasteiger partial charge in [0, 0.05) is 27.7 Å². The van der Waals surface area contributed by atoms with E-state index in [1.165, 1.54) is 6.07 Å². The highest BCUT2D eigenvalue weighted by molar-refractivity contribution is 6.35. The van der Waals surface area contributed by atoms with Crippen LogP contribution in [0.1, 0.15) is 15.9 Å². The average molecular weight is 342 g/mol. The second-order valence-electron chi connectivity index (χ2n) is 4.27. The Kier molecular flexibility index (Phi) is 4.85. The fraction of sp³-hybridized carbons (Fsp3) is 0.0714. The minimum Gasteiger partial charge on any atom is -0.482 e. The van der Waals surface area contributed by atoms with E-state index in [4.69, 9.17) is 33.0 Å². The standard InChI is InChI=1S/C14H9Cl2NO5/c15-10-3-1-9(11(16)6-10)7-22-13-5-8(14(18)19)2-4-12(13)17(20)21/h1-6H,7H2,(H,18,19). The molecule has 2 rings (SSSR count). The van der Waals surface area contributed by atoms with Crippen molar-refractivity contribution < 1.29 is 19.6 Å². The zero-order valence-electron chi connectivity index (χ0n) is 11.0. The number of hydrogen-bond acceptors (Lipinski definition) is 4. The van der Waals surface area contributed by atoms with Crippen molar-refractivity contribution in [3.63, 3.8) is 0 Å². The number of nitro groups is 1. The van der Waals surface area contributed by atoms with E-state index in [-0.39, 0.29) is 23.6 Å². The fourth-order valence-electron chi connectivity index (χ4n) is 1.71. The summed E-state index contributed by atoms with van der Waals surface area (Å²) in [7, 11) is 0. The smallest absolute Gasteiger partial charge is 0.335 e. The van der Waals surface area contributed by atoms with E-state index in [2.05, 4.69) is 0 Å². The molecule has 0 aliphatic carbocycles. The van der Waals surface area contributed by atoms with Crippen molar-refractivity contribution in [2.45, 2.75) is 6.61 Å². The maximum atomic E-state index is 11.0. The van der Waals surface area contributed by atoms with Crippen molar-refractivity contribution in [3.8, 4) is 5.75 Å². The van der Waals surface area contributed by atoms with Crippen LogP contribution in [0.3, 0.4) is 0 Å². The van der Waals surface area contributed by atoms with E-state index in [1.54, 1.807) is 12.1 Å². The number of rotatable bonds is 5. The van der Waals surface area contributed by atoms with Crippen LogP contribution in [-0.4, -0.2) is 16.0 Å². The molecule has 1 N–H and O–H groups in total. The van der Waals surface area contributed by atoms with Gasteiger partial charge in [-0.2, -0.15) is 0 Å². The molecule has 114 valence electrons. The molecule has 0 heterocycles. The van der Waals surface area contributed by atoms with Gasteiger partial charge in [-0.3, -0.25) is 10.1 Å². The van der Waals surface area contributed by atoms with Crippen LogP contribution in [0.4, 0.5) is 5.69 Å². The number of carbonyl (C=O) groups is 1. The predicted molar refractivity (Wildman–Crippen MR) is 80.8 cm³/mol. The van der Waals surface area contributed by atoms with Crippen LogP contribution in [0.15, 0.2) is 36.4 Å². The van der Waals surface area contributed by atoms with Crippen molar-refractivity contribution in [1.29, 1.82) is 0 Å². The van der Waals surface area contributed by atoms with E-state index in [9.17, 15) is 14.9 Å². The van der Waals surface area contributed by atoms with Crippen molar-refractivity contribution in [2.24, 2.45) is 0 Å². The Morgan fingerprint density at radius 1 is 1.23 bits per heavy atom. The van der Waals surface area contributed by atoms with E-state index in [1.807, 2.05) is 0 Å². The van der Waals surface area contributed by atoms with Crippen LogP contribution in [-0.2, 0) is 6.61 Å². The molecule has 0 saturated heterocycles. The van der Waals surface area contributed by atoms with Crippen molar-refractivity contribution in [1.82, 2.24) is 0 Å². The Labute approximate surface area is 135 Å². The molecule has 8 heteroatoms. The van der Waals surface area contributed by atoms with Gasteiger partial charge in [0.2, 0.25) is 0 Å². The lowest BCUT2D eigenvalue weighted by Gasteiger charge is -2.09. The Balaban J connectivity index is 2.29. The highest BCUT2D eigenvalue weighted by atomic mass is 35.5. The van der Waals surface area contributed by atoms with E-state index >= 15 is 0 Å². The summed E-state index contributed by atoms with van der Waals surface area (Å²) in [6.45, 7) is -0.0556. The third kappa shape index (κ3) is 3.66. The van der Waals surface area contributed by atoms with E-state index < -0.39 is 10.9 Å². The number of nitro benzene ring substituents is 1. The van der Waals surface area contributed by atoms with Gasteiger partial charge in [-0.25, -0.2) is 4.79 Å². The van der Waals surface area contributed by atoms with Gasteiger partial charge in [0.1, 0.15) is 6.61 Å². The molecule has 0 aliphatic heterocycles. The molecule has 0 aliphatic rings. The Hall–Kier alpha value is -2.31. The van der Waals surface area contributed by atoms with Crippen LogP contribution < -0.4 is 4.74 Å². The molecule has 0 unspecified atom stereocenters. The normalized spacial score (nSPS) is 10.3. The highest BCUT2D eigenvalue weighted by Gasteiger charge is 2.18. The van der Waals surface area contributed by atoms with Gasteiger partial charge >= 0.3 is 11.7 Å². The number of carboxylic acid groups (broad SMARTS) is 1. The summed E-state index contributed by atoms with van der Waals surface area (Å²) in [5.74, 6) is -1.35. The van der Waals surface area contributed by atoms with Crippen molar-refractivity contribution in [3.05, 3.63) is 67.7 Å². The zero-order valence-corrected chi connectivity index (χ0v) is 12.5. The number of aromatic carboxylic acids is 1. The van der Waals surface area contributed by atoms with Crippen LogP contribution in [0, 0.1) is 10.1 Å². The number of hydrogen-bond donors (Lipinski definition) is 1. The van der Waals surface area contributed by atoms with Gasteiger partial charge < -0.3 is 9.84 Å². The lowest BCUT2D eigenvalue weighted by atomic mass is 10.2. The summed E-state index contributed by atoms with van der Waals surface area (Å²) in [5.41, 5.74) is 0.138. The molecule has 0 bridgehead atoms. The molecule has 0 spiro atoms. The highest BCUT2D eigenvalue weighted by Crippen LogP contribution is 2.30. The molecule has 0 fully saturated rings. The lowest BCUT2D eigenvalue weighted by Crippen LogP contribution is -2.03. The molecule has 6 nitrogen and oxygen atoms in total. The third-order valence-corrected chi connectivity index (χ3v) is 3.39. The van der Waals surface area contributed by atoms with Gasteiger partial charge in [-0.1, -0.05) is 29.3 Å². The second-order valence-corrected chi connectivity index (χ2v) is 5.11. The number of carboxylic acids is 1. The molecule has 0 amide bonds. The third-order valence-electron chi connectivity index (χ3n) is 2.80. The topological polar surface area (TPSA) is 89.7 Å². The first-order chi connectivity index (χ1) is 10.4. The predicted octanol–water partition coefficient (Wildman–Crippen LogP) is 4.18. The Bertz CT molecular complexity index is 748. The first-order valence-electron chi connectivity index (χ1n) is 5.97. The second kappa shape index (κ2) is 6.64. The van der Waals surface area contributed by atoms with Crippen LogP contribution >= 0.6 is 23.2 Å². The minimum atomic E-state index is -1.20. The summed E-state index contributed by atoms with van der Waals surface area (Å²) >= 11 is 11.8. The molecule has 0 radical (unpaired) electrons. The van der Waals surface area contributed by atoms with Crippen molar-refractivity contribution >= 4 is 34.9 Å². The summed E-state index contributed by atoms with van der Waals surface area (Å²) in [6, 6.07) is 8.07. The maximum absolute atomic E-state index is 11.0. The summed E-state index contributed by atoms with van der Waals surface area (Å²) in [4.78, 5) is 21.3. The molecular weight excluding hydrogens is 333 g/mol. The van der Waals surface area contributed by atoms with E-state index in [0.717, 1.165) is 18.2 Å². The average Bonchev–Trinajstić information content (AvgIpc) is 2.45. The number of halogens is 2. The largest absolute Gasteiger partial charge is 0.482 e. The molecule has 22 heavy (non-hydrogen) atoms. The number of nitrogens with zero attached hydrogens (tertiary/aromatic N) is 1. The molecule has 2 aromatic rings. The van der Waals surface area contributed by atoms with Crippen LogP contribution in [0.2, 0.25) is 10.0 Å². The van der Waals surface area contributed by atoms with Crippen LogP contribution in [0.25, 0.3) is 0 Å². The zero-order chi connectivity index (χ0) is 16.3. The number of benzene rings is 2. The minimum absolute atomic E-state index is 0.0556. The SMILES string of the molecule is O=C(O)c1ccc([N+](=O)[O-])c(OCc2ccc(Cl)cc2Cl)c1. The molecular formula is C14H9Cl2NO5. The Morgan fingerprint density at radius 2 is 1.95 bits per heavy atom. The fourth-order valence-corrected chi connectivity index (χ4v) is 2.17. The van der Waals surface area contributed by atoms with E-state index in [0.29, 0.717) is 15.6 Å². The van der Waals surface area contributed by atoms with Gasteiger partial charge in [0.05, 0.1) is 10.5 Å². The first kappa shape index (κ1) is 16.1. The van der Waals surface area contributed by atoms with Gasteiger partial charge in [0.15, 0.2) is 5.75 Å². The van der Waals surface area contributed by atoms with Crippen LogP contribution in [0.5, 0.6) is 5.75 Å². The lowest BCUT2D eigenvalue weighted by molar-refractivity contribution is -0.385. The van der Waals surface area contributed by atoms with Crippen molar-refractivity contribution in [2.75, 3.05) is 0 Å². The van der Waals surface area contributed by atoms with Gasteiger partial charge in [-0.05, 0) is 18.2 Å². The molecule has 2 aromatic carbocycles. The van der Waals surface area contributed by atoms with Gasteiger partial charge in [-0.15, -0.1) is 0 Å². The monoisotopic (exact) mass is 341 g/mol. The maximum Gasteiger partial charge on any atom is 0.335 e. The molecule has 0 saturated carbocycles. The van der Waals surface area contributed by atoms with Gasteiger partial charge in [0.25, 0.3) is 0 Å². The first-order valence-corrected chi connectivity index (χ1v) is 6.72. The quantitative estimate of drug-likeness (QED) is 0.650.